The molecule has 0 radical (unpaired) electrons. The molecule has 0 aromatic heterocycles. The van der Waals surface area contributed by atoms with Gasteiger partial charge in [0.25, 0.3) is 5.69 Å². The van der Waals surface area contributed by atoms with E-state index in [2.05, 4.69) is 4.90 Å². The number of rotatable bonds is 6. The van der Waals surface area contributed by atoms with E-state index in [1.165, 1.54) is 18.9 Å². The Kier molecular flexibility index (Phi) is 5.49. The summed E-state index contributed by atoms with van der Waals surface area (Å²) in [4.78, 5) is 27.0. The summed E-state index contributed by atoms with van der Waals surface area (Å²) in [6.45, 7) is 5.07. The topological polar surface area (TPSA) is 66.7 Å². The van der Waals surface area contributed by atoms with E-state index in [-0.39, 0.29) is 24.1 Å². The van der Waals surface area contributed by atoms with Crippen LogP contribution in [-0.2, 0) is 11.2 Å². The summed E-state index contributed by atoms with van der Waals surface area (Å²) in [5.41, 5.74) is 0.481. The van der Waals surface area contributed by atoms with Crippen molar-refractivity contribution in [2.45, 2.75) is 32.2 Å². The summed E-state index contributed by atoms with van der Waals surface area (Å²) in [5, 5.41) is 11.0. The first-order chi connectivity index (χ1) is 10.5. The Bertz CT molecular complexity index is 541. The molecule has 1 saturated heterocycles. The number of carbonyl (C=O) groups excluding carboxylic acids is 1. The number of benzene rings is 1. The molecular formula is C16H23N3O3. The van der Waals surface area contributed by atoms with Crippen LogP contribution in [0.3, 0.4) is 0 Å². The van der Waals surface area contributed by atoms with Gasteiger partial charge in [-0.1, -0.05) is 18.2 Å². The van der Waals surface area contributed by atoms with Crippen LogP contribution in [0.15, 0.2) is 24.3 Å². The predicted molar refractivity (Wildman–Crippen MR) is 84.7 cm³/mol. The highest BCUT2D eigenvalue weighted by molar-refractivity contribution is 5.80. The zero-order valence-corrected chi connectivity index (χ0v) is 13.2. The predicted octanol–water partition coefficient (Wildman–Crippen LogP) is 2.08. The van der Waals surface area contributed by atoms with Crippen LogP contribution in [0.1, 0.15) is 25.3 Å². The molecule has 0 saturated carbocycles. The Morgan fingerprint density at radius 2 is 2.00 bits per heavy atom. The normalized spacial score (nSPS) is 16.5. The highest BCUT2D eigenvalue weighted by Crippen LogP contribution is 2.19. The monoisotopic (exact) mass is 305 g/mol. The second-order valence-electron chi connectivity index (χ2n) is 5.92. The molecule has 1 heterocycles. The summed E-state index contributed by atoms with van der Waals surface area (Å²) in [6, 6.07) is 6.54. The minimum atomic E-state index is -0.434. The Hall–Kier alpha value is -1.95. The van der Waals surface area contributed by atoms with Gasteiger partial charge in [0.2, 0.25) is 5.91 Å². The molecule has 1 aliphatic rings. The first kappa shape index (κ1) is 16.4. The van der Waals surface area contributed by atoms with E-state index < -0.39 is 4.92 Å². The smallest absolute Gasteiger partial charge is 0.273 e. The van der Waals surface area contributed by atoms with E-state index in [9.17, 15) is 14.9 Å². The van der Waals surface area contributed by atoms with Crippen LogP contribution in [0.25, 0.3) is 0 Å². The Balaban J connectivity index is 1.97. The first-order valence-corrected chi connectivity index (χ1v) is 7.69. The van der Waals surface area contributed by atoms with Gasteiger partial charge in [0.15, 0.2) is 0 Å². The van der Waals surface area contributed by atoms with Crippen LogP contribution < -0.4 is 0 Å². The molecule has 120 valence electrons. The van der Waals surface area contributed by atoms with Crippen molar-refractivity contribution in [2.75, 3.05) is 26.7 Å². The van der Waals surface area contributed by atoms with Crippen LogP contribution in [-0.4, -0.2) is 53.4 Å². The molecule has 1 aromatic rings. The van der Waals surface area contributed by atoms with Gasteiger partial charge in [0.1, 0.15) is 0 Å². The van der Waals surface area contributed by atoms with Crippen molar-refractivity contribution in [1.82, 2.24) is 9.80 Å². The fraction of sp³-hybridized carbons (Fsp3) is 0.562. The van der Waals surface area contributed by atoms with Gasteiger partial charge in [-0.25, -0.2) is 0 Å². The van der Waals surface area contributed by atoms with Crippen molar-refractivity contribution in [3.05, 3.63) is 39.9 Å². The lowest BCUT2D eigenvalue weighted by atomic mass is 10.1. The average molecular weight is 305 g/mol. The zero-order valence-electron chi connectivity index (χ0n) is 13.2. The second-order valence-corrected chi connectivity index (χ2v) is 5.92. The molecule has 6 nitrogen and oxygen atoms in total. The van der Waals surface area contributed by atoms with Crippen molar-refractivity contribution in [1.29, 1.82) is 0 Å². The number of nitro groups is 1. The van der Waals surface area contributed by atoms with E-state index in [1.54, 1.807) is 30.1 Å². The van der Waals surface area contributed by atoms with E-state index >= 15 is 0 Å². The van der Waals surface area contributed by atoms with Crippen molar-refractivity contribution in [2.24, 2.45) is 0 Å². The maximum atomic E-state index is 12.4. The molecular weight excluding hydrogens is 282 g/mol. The second kappa shape index (κ2) is 7.35. The number of hydrogen-bond acceptors (Lipinski definition) is 4. The molecule has 1 aromatic carbocycles. The lowest BCUT2D eigenvalue weighted by Gasteiger charge is -2.28. The van der Waals surface area contributed by atoms with Gasteiger partial charge in [-0.2, -0.15) is 0 Å². The molecule has 1 aliphatic heterocycles. The molecule has 1 unspecified atom stereocenters. The largest absolute Gasteiger partial charge is 0.341 e. The number of para-hydroxylation sites is 1. The minimum absolute atomic E-state index is 0.0106. The summed E-state index contributed by atoms with van der Waals surface area (Å²) >= 11 is 0. The molecule has 0 spiro atoms. The highest BCUT2D eigenvalue weighted by atomic mass is 16.6. The van der Waals surface area contributed by atoms with E-state index in [0.717, 1.165) is 19.6 Å². The molecule has 0 bridgehead atoms. The van der Waals surface area contributed by atoms with Gasteiger partial charge >= 0.3 is 0 Å². The first-order valence-electron chi connectivity index (χ1n) is 7.69. The molecule has 6 heteroatoms. The zero-order chi connectivity index (χ0) is 16.1. The molecule has 1 amide bonds. The molecule has 22 heavy (non-hydrogen) atoms. The number of amides is 1. The molecule has 1 atom stereocenters. The van der Waals surface area contributed by atoms with Crippen molar-refractivity contribution in [3.8, 4) is 0 Å². The summed E-state index contributed by atoms with van der Waals surface area (Å²) in [5.74, 6) is -0.0824. The van der Waals surface area contributed by atoms with Crippen molar-refractivity contribution < 1.29 is 9.72 Å². The standard InChI is InChI=1S/C16H23N3O3/c1-13(12-18-9-5-6-10-18)17(2)16(20)11-14-7-3-4-8-15(14)19(21)22/h3-4,7-8,13H,5-6,9-12H2,1-2H3. The van der Waals surface area contributed by atoms with Crippen LogP contribution in [0, 0.1) is 10.1 Å². The van der Waals surface area contributed by atoms with Gasteiger partial charge in [-0.15, -0.1) is 0 Å². The van der Waals surface area contributed by atoms with Crippen LogP contribution >= 0.6 is 0 Å². The maximum Gasteiger partial charge on any atom is 0.273 e. The van der Waals surface area contributed by atoms with Gasteiger partial charge in [-0.3, -0.25) is 14.9 Å². The Morgan fingerprint density at radius 1 is 1.36 bits per heavy atom. The summed E-state index contributed by atoms with van der Waals surface area (Å²) < 4.78 is 0. The number of likely N-dealkylation sites (N-methyl/N-ethyl adjacent to an activating group) is 1. The Morgan fingerprint density at radius 3 is 2.64 bits per heavy atom. The Labute approximate surface area is 130 Å². The molecule has 1 fully saturated rings. The van der Waals surface area contributed by atoms with Crippen LogP contribution in [0.5, 0.6) is 0 Å². The van der Waals surface area contributed by atoms with Gasteiger partial charge in [0.05, 0.1) is 11.3 Å². The fourth-order valence-corrected chi connectivity index (χ4v) is 2.83. The number of nitrogens with zero attached hydrogens (tertiary/aromatic N) is 3. The third kappa shape index (κ3) is 4.04. The molecule has 0 aliphatic carbocycles. The van der Waals surface area contributed by atoms with Gasteiger partial charge in [-0.05, 0) is 32.9 Å². The lowest BCUT2D eigenvalue weighted by molar-refractivity contribution is -0.385. The quantitative estimate of drug-likeness (QED) is 0.596. The highest BCUT2D eigenvalue weighted by Gasteiger charge is 2.23. The minimum Gasteiger partial charge on any atom is -0.341 e. The third-order valence-electron chi connectivity index (χ3n) is 4.31. The molecule has 2 rings (SSSR count). The van der Waals surface area contributed by atoms with Gasteiger partial charge < -0.3 is 9.80 Å². The van der Waals surface area contributed by atoms with E-state index in [1.807, 2.05) is 6.92 Å². The van der Waals surface area contributed by atoms with Crippen molar-refractivity contribution >= 4 is 11.6 Å². The SMILES string of the molecule is CC(CN1CCCC1)N(C)C(=O)Cc1ccccc1[N+](=O)[O-]. The number of hydrogen-bond donors (Lipinski definition) is 0. The third-order valence-corrected chi connectivity index (χ3v) is 4.31. The number of nitro benzene ring substituents is 1. The van der Waals surface area contributed by atoms with Crippen LogP contribution in [0.2, 0.25) is 0 Å². The number of likely N-dealkylation sites (tertiary alicyclic amines) is 1. The van der Waals surface area contributed by atoms with Crippen LogP contribution in [0.4, 0.5) is 5.69 Å². The fourth-order valence-electron chi connectivity index (χ4n) is 2.83. The molecule has 0 N–H and O–H groups in total. The van der Waals surface area contributed by atoms with Crippen molar-refractivity contribution in [3.63, 3.8) is 0 Å². The lowest BCUT2D eigenvalue weighted by Crippen LogP contribution is -2.43. The number of carbonyl (C=O) groups is 1. The van der Waals surface area contributed by atoms with E-state index in [0.29, 0.717) is 5.56 Å². The summed E-state index contributed by atoms with van der Waals surface area (Å²) in [7, 11) is 1.78. The summed E-state index contributed by atoms with van der Waals surface area (Å²) in [6.07, 6.45) is 2.51. The van der Waals surface area contributed by atoms with Gasteiger partial charge in [0, 0.05) is 31.3 Å². The van der Waals surface area contributed by atoms with E-state index in [4.69, 9.17) is 0 Å². The maximum absolute atomic E-state index is 12.4. The average Bonchev–Trinajstić information content (AvgIpc) is 2.99.